The topological polar surface area (TPSA) is 89.7 Å². The minimum absolute atomic E-state index is 0.170. The van der Waals surface area contributed by atoms with E-state index in [4.69, 9.17) is 5.73 Å². The van der Waals surface area contributed by atoms with Gasteiger partial charge >= 0.3 is 5.97 Å². The van der Waals surface area contributed by atoms with Gasteiger partial charge in [0.1, 0.15) is 0 Å². The average molecular weight is 314 g/mol. The van der Waals surface area contributed by atoms with Gasteiger partial charge in [-0.3, -0.25) is 4.79 Å². The molecule has 7 heteroatoms. The summed E-state index contributed by atoms with van der Waals surface area (Å²) in [6, 6.07) is 3.08. The van der Waals surface area contributed by atoms with Gasteiger partial charge in [0.2, 0.25) is 10.0 Å². The van der Waals surface area contributed by atoms with Crippen LogP contribution >= 0.6 is 0 Å². The van der Waals surface area contributed by atoms with Crippen LogP contribution in [-0.2, 0) is 19.6 Å². The Morgan fingerprint density at radius 1 is 1.33 bits per heavy atom. The SMILES string of the molecule is COC(=O)CCCN(C)S(=O)(=O)c1cc(C)c(C)c(N)c1. The van der Waals surface area contributed by atoms with Crippen molar-refractivity contribution < 1.29 is 17.9 Å². The Bertz CT molecular complexity index is 603. The molecule has 6 nitrogen and oxygen atoms in total. The standard InChI is InChI=1S/C14H22N2O4S/c1-10-8-12(9-13(15)11(10)2)21(18,19)16(3)7-5-6-14(17)20-4/h8-9H,5-7,15H2,1-4H3. The predicted molar refractivity (Wildman–Crippen MR) is 81.4 cm³/mol. The molecule has 1 rings (SSSR count). The number of carbonyl (C=O) groups excluding carboxylic acids is 1. The van der Waals surface area contributed by atoms with E-state index < -0.39 is 10.0 Å². The van der Waals surface area contributed by atoms with Crippen molar-refractivity contribution >= 4 is 21.7 Å². The molecule has 0 aliphatic carbocycles. The van der Waals surface area contributed by atoms with E-state index >= 15 is 0 Å². The molecule has 1 aromatic carbocycles. The lowest BCUT2D eigenvalue weighted by Gasteiger charge is -2.18. The molecular weight excluding hydrogens is 292 g/mol. The number of nitrogen functional groups attached to an aromatic ring is 1. The maximum atomic E-state index is 12.4. The Balaban J connectivity index is 2.88. The Morgan fingerprint density at radius 3 is 2.48 bits per heavy atom. The molecule has 0 atom stereocenters. The lowest BCUT2D eigenvalue weighted by atomic mass is 10.1. The minimum atomic E-state index is -3.60. The first-order valence-corrected chi connectivity index (χ1v) is 8.04. The summed E-state index contributed by atoms with van der Waals surface area (Å²) in [4.78, 5) is 11.2. The van der Waals surface area contributed by atoms with E-state index in [-0.39, 0.29) is 23.8 Å². The highest BCUT2D eigenvalue weighted by molar-refractivity contribution is 7.89. The number of esters is 1. The summed E-state index contributed by atoms with van der Waals surface area (Å²) in [6.45, 7) is 3.91. The number of ether oxygens (including phenoxy) is 1. The number of nitrogens with two attached hydrogens (primary N) is 1. The highest BCUT2D eigenvalue weighted by Gasteiger charge is 2.22. The molecule has 21 heavy (non-hydrogen) atoms. The van der Waals surface area contributed by atoms with Crippen LogP contribution in [0.5, 0.6) is 0 Å². The quantitative estimate of drug-likeness (QED) is 0.634. The van der Waals surface area contributed by atoms with E-state index in [1.165, 1.54) is 24.5 Å². The number of benzene rings is 1. The van der Waals surface area contributed by atoms with Crippen LogP contribution in [0.1, 0.15) is 24.0 Å². The van der Waals surface area contributed by atoms with Crippen LogP contribution in [0.3, 0.4) is 0 Å². The normalized spacial score (nSPS) is 11.7. The van der Waals surface area contributed by atoms with E-state index in [0.29, 0.717) is 12.1 Å². The van der Waals surface area contributed by atoms with Gasteiger partial charge in [-0.1, -0.05) is 0 Å². The monoisotopic (exact) mass is 314 g/mol. The molecule has 0 fully saturated rings. The molecule has 2 N–H and O–H groups in total. The van der Waals surface area contributed by atoms with Crippen molar-refractivity contribution in [3.8, 4) is 0 Å². The number of nitrogens with zero attached hydrogens (tertiary/aromatic N) is 1. The molecule has 0 bridgehead atoms. The summed E-state index contributed by atoms with van der Waals surface area (Å²) < 4.78 is 30.6. The second-order valence-corrected chi connectivity index (χ2v) is 7.01. The van der Waals surface area contributed by atoms with Crippen LogP contribution in [0.4, 0.5) is 5.69 Å². The number of aryl methyl sites for hydroxylation is 1. The molecule has 0 aliphatic rings. The van der Waals surface area contributed by atoms with Crippen LogP contribution in [0.25, 0.3) is 0 Å². The molecule has 0 saturated carbocycles. The summed E-state index contributed by atoms with van der Waals surface area (Å²) in [7, 11) is -0.814. The van der Waals surface area contributed by atoms with Crippen molar-refractivity contribution in [3.05, 3.63) is 23.3 Å². The molecule has 0 spiro atoms. The summed E-state index contributed by atoms with van der Waals surface area (Å²) in [6.07, 6.45) is 0.591. The molecule has 0 saturated heterocycles. The summed E-state index contributed by atoms with van der Waals surface area (Å²) in [5.74, 6) is -0.351. The van der Waals surface area contributed by atoms with Crippen molar-refractivity contribution in [1.82, 2.24) is 4.31 Å². The number of rotatable bonds is 6. The molecule has 0 aliphatic heterocycles. The third-order valence-corrected chi connectivity index (χ3v) is 5.31. The van der Waals surface area contributed by atoms with E-state index in [1.54, 1.807) is 6.07 Å². The van der Waals surface area contributed by atoms with Crippen molar-refractivity contribution in [2.45, 2.75) is 31.6 Å². The van der Waals surface area contributed by atoms with Crippen molar-refractivity contribution in [1.29, 1.82) is 0 Å². The number of hydrogen-bond donors (Lipinski definition) is 1. The van der Waals surface area contributed by atoms with Gasteiger partial charge in [-0.15, -0.1) is 0 Å². The van der Waals surface area contributed by atoms with Gasteiger partial charge in [-0.2, -0.15) is 0 Å². The van der Waals surface area contributed by atoms with Crippen molar-refractivity contribution in [3.63, 3.8) is 0 Å². The molecule has 118 valence electrons. The van der Waals surface area contributed by atoms with Gasteiger partial charge in [-0.25, -0.2) is 12.7 Å². The Kier molecular flexibility index (Phi) is 5.74. The molecular formula is C14H22N2O4S. The predicted octanol–water partition coefficient (Wildman–Crippen LogP) is 1.46. The van der Waals surface area contributed by atoms with Gasteiger partial charge in [0.15, 0.2) is 0 Å². The Labute approximate surface area is 125 Å². The fourth-order valence-corrected chi connectivity index (χ4v) is 3.18. The minimum Gasteiger partial charge on any atom is -0.469 e. The van der Waals surface area contributed by atoms with Crippen LogP contribution < -0.4 is 5.73 Å². The largest absolute Gasteiger partial charge is 0.469 e. The third kappa shape index (κ3) is 4.18. The van der Waals surface area contributed by atoms with Gasteiger partial charge < -0.3 is 10.5 Å². The van der Waals surface area contributed by atoms with E-state index in [0.717, 1.165) is 11.1 Å². The van der Waals surface area contributed by atoms with Gasteiger partial charge in [-0.05, 0) is 43.5 Å². The van der Waals surface area contributed by atoms with Crippen LogP contribution in [0, 0.1) is 13.8 Å². The Morgan fingerprint density at radius 2 is 1.95 bits per heavy atom. The number of methoxy groups -OCH3 is 1. The fraction of sp³-hybridized carbons (Fsp3) is 0.500. The van der Waals surface area contributed by atoms with Crippen LogP contribution in [0.2, 0.25) is 0 Å². The molecule has 1 aromatic rings. The third-order valence-electron chi connectivity index (χ3n) is 3.47. The molecule has 0 aromatic heterocycles. The molecule has 0 amide bonds. The number of hydrogen-bond acceptors (Lipinski definition) is 5. The molecule has 0 unspecified atom stereocenters. The van der Waals surface area contributed by atoms with Crippen LogP contribution in [0.15, 0.2) is 17.0 Å². The summed E-state index contributed by atoms with van der Waals surface area (Å²) >= 11 is 0. The highest BCUT2D eigenvalue weighted by atomic mass is 32.2. The van der Waals surface area contributed by atoms with Gasteiger partial charge in [0.05, 0.1) is 12.0 Å². The zero-order valence-electron chi connectivity index (χ0n) is 12.8. The number of carbonyl (C=O) groups is 1. The van der Waals surface area contributed by atoms with E-state index in [9.17, 15) is 13.2 Å². The number of anilines is 1. The lowest BCUT2D eigenvalue weighted by Crippen LogP contribution is -2.28. The zero-order valence-corrected chi connectivity index (χ0v) is 13.7. The van der Waals surface area contributed by atoms with E-state index in [1.807, 2.05) is 13.8 Å². The highest BCUT2D eigenvalue weighted by Crippen LogP contribution is 2.23. The molecule has 0 heterocycles. The summed E-state index contributed by atoms with van der Waals surface area (Å²) in [5, 5.41) is 0. The van der Waals surface area contributed by atoms with Crippen LogP contribution in [-0.4, -0.2) is 39.4 Å². The average Bonchev–Trinajstić information content (AvgIpc) is 2.43. The fourth-order valence-electron chi connectivity index (χ4n) is 1.85. The maximum Gasteiger partial charge on any atom is 0.305 e. The first-order valence-electron chi connectivity index (χ1n) is 6.60. The maximum absolute atomic E-state index is 12.4. The zero-order chi connectivity index (χ0) is 16.2. The summed E-state index contributed by atoms with van der Waals surface area (Å²) in [5.41, 5.74) is 7.99. The smallest absolute Gasteiger partial charge is 0.305 e. The number of sulfonamides is 1. The molecule has 0 radical (unpaired) electrons. The van der Waals surface area contributed by atoms with Gasteiger partial charge in [0, 0.05) is 25.7 Å². The van der Waals surface area contributed by atoms with Crippen molar-refractivity contribution in [2.24, 2.45) is 0 Å². The van der Waals surface area contributed by atoms with E-state index in [2.05, 4.69) is 4.74 Å². The second-order valence-electron chi connectivity index (χ2n) is 4.96. The second kappa shape index (κ2) is 6.91. The first-order chi connectivity index (χ1) is 9.70. The lowest BCUT2D eigenvalue weighted by molar-refractivity contribution is -0.140. The van der Waals surface area contributed by atoms with Crippen molar-refractivity contribution in [2.75, 3.05) is 26.4 Å². The first kappa shape index (κ1) is 17.5. The van der Waals surface area contributed by atoms with Gasteiger partial charge in [0.25, 0.3) is 0 Å². The Hall–Kier alpha value is -1.60.